The van der Waals surface area contributed by atoms with E-state index in [1.165, 1.54) is 30.2 Å². The van der Waals surface area contributed by atoms with Crippen LogP contribution < -0.4 is 5.32 Å². The number of carbonyl (C=O) groups excluding carboxylic acids is 3. The highest BCUT2D eigenvalue weighted by molar-refractivity contribution is 7.98. The van der Waals surface area contributed by atoms with Crippen molar-refractivity contribution in [2.75, 3.05) is 18.8 Å². The molecule has 49 heavy (non-hydrogen) atoms. The molecule has 5 N–H and O–H groups in total. The Labute approximate surface area is 291 Å². The summed E-state index contributed by atoms with van der Waals surface area (Å²) in [6.45, 7) is 13.6. The van der Waals surface area contributed by atoms with E-state index in [4.69, 9.17) is 23.4 Å². The fourth-order valence-corrected chi connectivity index (χ4v) is 9.63. The molecule has 1 aromatic rings. The number of ketones is 1. The largest absolute Gasteiger partial charge is 0.467 e. The number of Topliss-reactive ketones (excluding diaryl/α,β-unsaturated/α-hetero) is 1. The van der Waals surface area contributed by atoms with Crippen LogP contribution in [0.15, 0.2) is 34.0 Å². The van der Waals surface area contributed by atoms with Gasteiger partial charge in [0.1, 0.15) is 29.6 Å². The molecular weight excluding hydrogens is 658 g/mol. The molecule has 274 valence electrons. The van der Waals surface area contributed by atoms with Crippen LogP contribution in [0.4, 0.5) is 4.79 Å². The lowest BCUT2D eigenvalue weighted by atomic mass is 9.36. The number of amides is 1. The highest BCUT2D eigenvalue weighted by atomic mass is 32.2. The van der Waals surface area contributed by atoms with E-state index in [0.717, 1.165) is 0 Å². The van der Waals surface area contributed by atoms with Crippen LogP contribution in [0.1, 0.15) is 80.0 Å². The van der Waals surface area contributed by atoms with Gasteiger partial charge in [0, 0.05) is 23.7 Å². The van der Waals surface area contributed by atoms with Gasteiger partial charge in [0.25, 0.3) is 0 Å². The summed E-state index contributed by atoms with van der Waals surface area (Å²) in [6, 6.07) is 1.61. The SMILES string of the molecule is CSCOC1CC2OCC2(O)C2(C)[C@H](C)C3(O)CC(OC(=O)C(O)C(NC(=O)OC(C)C)c4ccco4)C(C)=C(C(O)C(=O)[C@]12C)C3(C)C. The van der Waals surface area contributed by atoms with Gasteiger partial charge in [-0.2, -0.15) is 0 Å². The number of aliphatic hydroxyl groups is 4. The number of alkyl carbamates (subject to hydrolysis) is 1. The van der Waals surface area contributed by atoms with E-state index >= 15 is 0 Å². The van der Waals surface area contributed by atoms with Crippen molar-refractivity contribution < 1.29 is 58.2 Å². The van der Waals surface area contributed by atoms with Crippen molar-refractivity contribution in [1.82, 2.24) is 5.32 Å². The maximum absolute atomic E-state index is 14.9. The first-order chi connectivity index (χ1) is 22.7. The van der Waals surface area contributed by atoms with Gasteiger partial charge in [-0.3, -0.25) is 4.79 Å². The van der Waals surface area contributed by atoms with E-state index < -0.39 is 93.9 Å². The molecule has 2 saturated carbocycles. The number of rotatable bonds is 9. The van der Waals surface area contributed by atoms with Crippen LogP contribution in [-0.4, -0.2) is 105 Å². The standard InChI is InChI=1S/C35H51NO12S/c1-17(2)47-30(41)36-25(20-11-10-12-44-20)27(38)29(40)48-21-14-34(42)19(4)33(8)32(7,28(39)26(37)24(18(21)3)31(34,5)6)22(46-16-49-9)13-23-35(33,43)15-45-23/h10-12,17,19,21-23,25-27,37-38,42-43H,13-16H2,1-9H3,(H,36,41)/t19-,21?,22?,23?,25?,26?,27?,32-,33?,34?,35?/m0/s1. The molecule has 9 unspecified atom stereocenters. The molecule has 14 heteroatoms. The second kappa shape index (κ2) is 12.9. The van der Waals surface area contributed by atoms with E-state index in [0.29, 0.717) is 5.57 Å². The molecular formula is C35H51NO12S. The zero-order valence-electron chi connectivity index (χ0n) is 29.6. The van der Waals surface area contributed by atoms with Crippen LogP contribution in [0, 0.1) is 22.2 Å². The smallest absolute Gasteiger partial charge is 0.408 e. The molecule has 4 aliphatic rings. The lowest BCUT2D eigenvalue weighted by Crippen LogP contribution is -2.83. The summed E-state index contributed by atoms with van der Waals surface area (Å²) in [5.41, 5.74) is -6.92. The van der Waals surface area contributed by atoms with Crippen molar-refractivity contribution >= 4 is 29.6 Å². The van der Waals surface area contributed by atoms with E-state index in [9.17, 15) is 34.8 Å². The van der Waals surface area contributed by atoms with Crippen LogP contribution in [0.5, 0.6) is 0 Å². The predicted molar refractivity (Wildman–Crippen MR) is 177 cm³/mol. The van der Waals surface area contributed by atoms with Gasteiger partial charge in [0.15, 0.2) is 11.9 Å². The third kappa shape index (κ3) is 5.39. The molecule has 1 amide bonds. The van der Waals surface area contributed by atoms with Gasteiger partial charge in [-0.05, 0) is 63.1 Å². The molecule has 13 nitrogen and oxygen atoms in total. The number of fused-ring (bicyclic) bond motifs is 5. The summed E-state index contributed by atoms with van der Waals surface area (Å²) in [6.07, 6.45) is -4.50. The first-order valence-electron chi connectivity index (χ1n) is 16.7. The van der Waals surface area contributed by atoms with Gasteiger partial charge in [0.05, 0.1) is 48.1 Å². The van der Waals surface area contributed by atoms with E-state index in [1.807, 2.05) is 6.26 Å². The average molecular weight is 710 g/mol. The van der Waals surface area contributed by atoms with Crippen LogP contribution in [0.2, 0.25) is 0 Å². The third-order valence-electron chi connectivity index (χ3n) is 12.5. The summed E-state index contributed by atoms with van der Waals surface area (Å²) >= 11 is 1.43. The summed E-state index contributed by atoms with van der Waals surface area (Å²) in [7, 11) is 0. The first-order valence-corrected chi connectivity index (χ1v) is 18.1. The zero-order chi connectivity index (χ0) is 36.5. The number of ether oxygens (including phenoxy) is 4. The monoisotopic (exact) mass is 709 g/mol. The number of thioether (sulfide) groups is 1. The number of hydrogen-bond acceptors (Lipinski definition) is 13. The molecule has 2 bridgehead atoms. The normalized spacial score (nSPS) is 39.5. The third-order valence-corrected chi connectivity index (χ3v) is 12.9. The highest BCUT2D eigenvalue weighted by Gasteiger charge is 2.80. The fraction of sp³-hybridized carbons (Fsp3) is 0.743. The number of aliphatic hydroxyl groups excluding tert-OH is 2. The maximum Gasteiger partial charge on any atom is 0.408 e. The maximum atomic E-state index is 14.9. The Morgan fingerprint density at radius 3 is 2.39 bits per heavy atom. The van der Waals surface area contributed by atoms with Crippen molar-refractivity contribution in [3.8, 4) is 0 Å². The molecule has 1 saturated heterocycles. The Bertz CT molecular complexity index is 1480. The van der Waals surface area contributed by atoms with E-state index in [2.05, 4.69) is 5.32 Å². The summed E-state index contributed by atoms with van der Waals surface area (Å²) in [5.74, 6) is -2.25. The molecule has 3 fully saturated rings. The summed E-state index contributed by atoms with van der Waals surface area (Å²) in [5, 5.41) is 51.2. The minimum atomic E-state index is -1.97. The molecule has 1 aromatic heterocycles. The average Bonchev–Trinajstić information content (AvgIpc) is 3.57. The predicted octanol–water partition coefficient (Wildman–Crippen LogP) is 3.04. The van der Waals surface area contributed by atoms with Gasteiger partial charge >= 0.3 is 12.1 Å². The summed E-state index contributed by atoms with van der Waals surface area (Å²) < 4.78 is 28.6. The van der Waals surface area contributed by atoms with Crippen molar-refractivity contribution in [2.24, 2.45) is 22.2 Å². The molecule has 1 aliphatic heterocycles. The van der Waals surface area contributed by atoms with Gasteiger partial charge in [-0.15, -0.1) is 11.8 Å². The zero-order valence-corrected chi connectivity index (χ0v) is 30.5. The van der Waals surface area contributed by atoms with Crippen LogP contribution >= 0.6 is 11.8 Å². The van der Waals surface area contributed by atoms with Crippen molar-refractivity contribution in [3.63, 3.8) is 0 Å². The van der Waals surface area contributed by atoms with Gasteiger partial charge < -0.3 is 49.1 Å². The second-order valence-corrected chi connectivity index (χ2v) is 16.0. The lowest BCUT2D eigenvalue weighted by molar-refractivity contribution is -0.373. The molecule has 11 atom stereocenters. The molecule has 0 radical (unpaired) electrons. The first kappa shape index (κ1) is 37.8. The Hall–Kier alpha value is -2.46. The summed E-state index contributed by atoms with van der Waals surface area (Å²) in [4.78, 5) is 41.0. The molecule has 0 spiro atoms. The van der Waals surface area contributed by atoms with Crippen LogP contribution in [-0.2, 0) is 28.5 Å². The quantitative estimate of drug-likeness (QED) is 0.143. The Kier molecular flexibility index (Phi) is 9.98. The van der Waals surface area contributed by atoms with Crippen molar-refractivity contribution in [2.45, 2.75) is 122 Å². The number of carbonyl (C=O) groups is 3. The molecule has 0 aromatic carbocycles. The van der Waals surface area contributed by atoms with E-state index in [1.54, 1.807) is 55.4 Å². The Balaban J connectivity index is 1.58. The van der Waals surface area contributed by atoms with E-state index in [-0.39, 0.29) is 36.7 Å². The lowest BCUT2D eigenvalue weighted by Gasteiger charge is -2.72. The molecule has 2 heterocycles. The Morgan fingerprint density at radius 2 is 1.84 bits per heavy atom. The highest BCUT2D eigenvalue weighted by Crippen LogP contribution is 2.70. The van der Waals surface area contributed by atoms with Gasteiger partial charge in [-0.25, -0.2) is 9.59 Å². The van der Waals surface area contributed by atoms with Crippen molar-refractivity contribution in [3.05, 3.63) is 35.3 Å². The van der Waals surface area contributed by atoms with Crippen LogP contribution in [0.3, 0.4) is 0 Å². The molecule has 3 aliphatic carbocycles. The van der Waals surface area contributed by atoms with Crippen LogP contribution in [0.25, 0.3) is 0 Å². The van der Waals surface area contributed by atoms with Crippen molar-refractivity contribution in [1.29, 1.82) is 0 Å². The minimum Gasteiger partial charge on any atom is -0.467 e. The minimum absolute atomic E-state index is 0.0664. The number of nitrogens with one attached hydrogen (secondary N) is 1. The number of esters is 1. The van der Waals surface area contributed by atoms with Gasteiger partial charge in [-0.1, -0.05) is 27.7 Å². The molecule has 5 rings (SSSR count). The second-order valence-electron chi connectivity index (χ2n) is 15.2. The number of furan rings is 1. The Morgan fingerprint density at radius 1 is 1.16 bits per heavy atom. The fourth-order valence-electron chi connectivity index (χ4n) is 9.33. The van der Waals surface area contributed by atoms with Gasteiger partial charge in [0.2, 0.25) is 0 Å². The number of hydrogen-bond donors (Lipinski definition) is 5. The topological polar surface area (TPSA) is 194 Å².